The smallest absolute Gasteiger partial charge is 0.370 e. The number of hydrogen-bond acceptors (Lipinski definition) is 1. The summed E-state index contributed by atoms with van der Waals surface area (Å²) in [7, 11) is 0. The van der Waals surface area contributed by atoms with Crippen LogP contribution in [0, 0.1) is 5.41 Å². The van der Waals surface area contributed by atoms with Crippen LogP contribution < -0.4 is 11.5 Å². The van der Waals surface area contributed by atoms with E-state index in [4.69, 9.17) is 5.41 Å². The van der Waals surface area contributed by atoms with Crippen molar-refractivity contribution in [2.75, 3.05) is 0 Å². The average molecular weight is 61.1 g/mol. The molecule has 0 unspecified atom stereocenters. The van der Waals surface area contributed by atoms with Crippen molar-refractivity contribution in [1.82, 2.24) is 0 Å². The highest BCUT2D eigenvalue weighted by Crippen LogP contribution is 1.13. The molecule has 0 saturated heterocycles. The third kappa shape index (κ3) is 0.174. The zero-order valence-corrected chi connectivity index (χ0v) is 2.15. The van der Waals surface area contributed by atoms with Gasteiger partial charge >= 0.3 is 2.85 Å². The van der Waals surface area contributed by atoms with Gasteiger partial charge in [-0.15, -0.1) is 0 Å². The summed E-state index contributed by atoms with van der Waals surface area (Å²) in [6, 6.07) is 0. The second-order valence-electron chi connectivity index (χ2n) is 0.455. The van der Waals surface area contributed by atoms with Crippen LogP contribution in [0.4, 0.5) is 0 Å². The molecule has 0 aliphatic rings. The standard InChI is InChI=1S/CH5N3/c2-1(3)4/h(H5,2,3,4)/p+2. The fraction of sp³-hybridized carbons (Fsp3) is 0. The lowest BCUT2D eigenvalue weighted by molar-refractivity contribution is 1.39. The first-order valence-electron chi connectivity index (χ1n) is 0.827. The van der Waals surface area contributed by atoms with E-state index in [1.165, 1.54) is 0 Å². The van der Waals surface area contributed by atoms with Crippen molar-refractivity contribution in [1.29, 1.82) is 5.41 Å². The second-order valence-corrected chi connectivity index (χ2v) is 0.455. The molecule has 3 nitrogen and oxygen atoms in total. The van der Waals surface area contributed by atoms with Crippen LogP contribution in [-0.2, 0) is 0 Å². The van der Waals surface area contributed by atoms with Crippen LogP contribution in [0.1, 0.15) is 2.85 Å². The van der Waals surface area contributed by atoms with Crippen molar-refractivity contribution in [2.24, 2.45) is 11.5 Å². The monoisotopic (exact) mass is 61.1 g/mol. The summed E-state index contributed by atoms with van der Waals surface area (Å²) in [5.41, 5.74) is 8.94. The largest absolute Gasteiger partial charge is 1.00 e. The van der Waals surface area contributed by atoms with Crippen molar-refractivity contribution in [3.05, 3.63) is 0 Å². The van der Waals surface area contributed by atoms with E-state index in [1.807, 2.05) is 0 Å². The predicted octanol–water partition coefficient (Wildman–Crippen LogP) is -0.936. The van der Waals surface area contributed by atoms with Crippen LogP contribution in [0.5, 0.6) is 0 Å². The average Bonchev–Trinajstić information content (AvgIpc) is 0.811. The summed E-state index contributed by atoms with van der Waals surface area (Å²) >= 11 is 0. The van der Waals surface area contributed by atoms with E-state index >= 15 is 0 Å². The minimum absolute atomic E-state index is 0. The van der Waals surface area contributed by atoms with Crippen LogP contribution in [0.2, 0.25) is 0 Å². The van der Waals surface area contributed by atoms with Gasteiger partial charge in [0.15, 0.2) is 5.96 Å². The molecule has 3 heteroatoms. The Morgan fingerprint density at radius 2 is 1.75 bits per heavy atom. The van der Waals surface area contributed by atoms with Crippen LogP contribution >= 0.6 is 0 Å². The third-order valence-corrected chi connectivity index (χ3v) is 0. The lowest BCUT2D eigenvalue weighted by Crippen LogP contribution is -2.20. The summed E-state index contributed by atoms with van der Waals surface area (Å²) in [5.74, 6) is -0.333. The zero-order chi connectivity index (χ0) is 3.58. The molecule has 4 heavy (non-hydrogen) atoms. The van der Waals surface area contributed by atoms with E-state index in [0.29, 0.717) is 0 Å². The Labute approximate surface area is 27.1 Å². The van der Waals surface area contributed by atoms with Crippen molar-refractivity contribution in [2.45, 2.75) is 0 Å². The molecule has 0 aromatic rings. The molecule has 0 radical (unpaired) electrons. The molecule has 0 aromatic carbocycles. The van der Waals surface area contributed by atoms with Gasteiger partial charge in [-0.25, -0.2) is 0 Å². The van der Waals surface area contributed by atoms with Gasteiger partial charge in [-0.3, -0.25) is 5.41 Å². The second kappa shape index (κ2) is 0.711. The Morgan fingerprint density at radius 1 is 1.75 bits per heavy atom. The lowest BCUT2D eigenvalue weighted by Gasteiger charge is -1.69. The molecule has 0 heterocycles. The van der Waals surface area contributed by atoms with E-state index in [0.717, 1.165) is 0 Å². The first kappa shape index (κ1) is 3.27. The Morgan fingerprint density at radius 3 is 1.75 bits per heavy atom. The van der Waals surface area contributed by atoms with Crippen LogP contribution in [0.3, 0.4) is 0 Å². The van der Waals surface area contributed by atoms with Crippen molar-refractivity contribution >= 4 is 5.96 Å². The molecule has 5 N–H and O–H groups in total. The lowest BCUT2D eigenvalue weighted by atomic mass is 11.1. The maximum Gasteiger partial charge on any atom is 1.00 e. The van der Waals surface area contributed by atoms with Crippen molar-refractivity contribution in [3.8, 4) is 0 Å². The Balaban J connectivity index is -0.0000000450. The van der Waals surface area contributed by atoms with Gasteiger partial charge in [0.25, 0.3) is 0 Å². The van der Waals surface area contributed by atoms with Crippen LogP contribution in [-0.4, -0.2) is 5.96 Å². The fourth-order valence-corrected chi connectivity index (χ4v) is 0. The normalized spacial score (nSPS) is 6.00. The fourth-order valence-electron chi connectivity index (χ4n) is 0. The maximum absolute atomic E-state index is 6.06. The van der Waals surface area contributed by atoms with E-state index in [1.54, 1.807) is 0 Å². The summed E-state index contributed by atoms with van der Waals surface area (Å²) in [6.45, 7) is 0. The van der Waals surface area contributed by atoms with Gasteiger partial charge in [-0.05, 0) is 0 Å². The number of nitrogens with two attached hydrogens (primary N) is 2. The first-order chi connectivity index (χ1) is 1.73. The summed E-state index contributed by atoms with van der Waals surface area (Å²) < 4.78 is 0. The van der Waals surface area contributed by atoms with Gasteiger partial charge < -0.3 is 11.5 Å². The number of hydrogen-bond donors (Lipinski definition) is 3. The molecule has 0 rings (SSSR count). The molecule has 0 fully saturated rings. The Bertz CT molecular complexity index is 31.8. The molecule has 0 spiro atoms. The van der Waals surface area contributed by atoms with E-state index in [9.17, 15) is 0 Å². The molecule has 0 aromatic heterocycles. The number of rotatable bonds is 0. The molecule has 0 amide bonds. The predicted molar refractivity (Wildman–Crippen MR) is 18.3 cm³/mol. The summed E-state index contributed by atoms with van der Waals surface area (Å²) in [5, 5.41) is 6.06. The quantitative estimate of drug-likeness (QED) is 0.250. The minimum atomic E-state index is -0.333. The van der Waals surface area contributed by atoms with Crippen molar-refractivity contribution < 1.29 is 2.85 Å². The Hall–Kier alpha value is -0.730. The van der Waals surface area contributed by atoms with Gasteiger partial charge in [0, 0.05) is 0 Å². The number of nitrogens with one attached hydrogen (secondary N) is 1. The first-order valence-corrected chi connectivity index (χ1v) is 0.827. The van der Waals surface area contributed by atoms with Crippen molar-refractivity contribution in [3.63, 3.8) is 0 Å². The van der Waals surface area contributed by atoms with Gasteiger partial charge in [-0.2, -0.15) is 0 Å². The highest BCUT2D eigenvalue weighted by molar-refractivity contribution is 5.71. The van der Waals surface area contributed by atoms with E-state index in [-0.39, 0.29) is 8.81 Å². The highest BCUT2D eigenvalue weighted by atomic mass is 14.9. The topological polar surface area (TPSA) is 75.9 Å². The maximum atomic E-state index is 6.06. The van der Waals surface area contributed by atoms with Gasteiger partial charge in [0.2, 0.25) is 0 Å². The van der Waals surface area contributed by atoms with E-state index in [2.05, 4.69) is 11.5 Å². The molecule has 0 bridgehead atoms. The van der Waals surface area contributed by atoms with Crippen LogP contribution in [0.25, 0.3) is 0 Å². The molecular weight excluding hydrogens is 54.0 g/mol. The molecule has 0 saturated carbocycles. The van der Waals surface area contributed by atoms with Gasteiger partial charge in [0.05, 0.1) is 0 Å². The summed E-state index contributed by atoms with van der Waals surface area (Å²) in [6.07, 6.45) is 0. The molecule has 0 atom stereocenters. The molecule has 24 valence electrons. The minimum Gasteiger partial charge on any atom is -0.370 e. The highest BCUT2D eigenvalue weighted by Gasteiger charge is 1.52. The van der Waals surface area contributed by atoms with Gasteiger partial charge in [-0.1, -0.05) is 0 Å². The molecular formula is CH7N3+2. The zero-order valence-electron chi connectivity index (χ0n) is 4.15. The Kier molecular flexibility index (Phi) is 0.581. The van der Waals surface area contributed by atoms with Crippen LogP contribution in [0.15, 0.2) is 0 Å². The van der Waals surface area contributed by atoms with Gasteiger partial charge in [0.1, 0.15) is 0 Å². The molecule has 0 aliphatic carbocycles. The SMILES string of the molecule is N=C(N)N.[H+].[H+]. The molecule has 0 aliphatic heterocycles. The number of guanidine groups is 1. The summed E-state index contributed by atoms with van der Waals surface area (Å²) in [4.78, 5) is 0. The van der Waals surface area contributed by atoms with E-state index < -0.39 is 0 Å². The third-order valence-electron chi connectivity index (χ3n) is 0.